The normalized spacial score (nSPS) is 30.4. The number of nitrogens with zero attached hydrogens (tertiary/aromatic N) is 3. The fourth-order valence-electron chi connectivity index (χ4n) is 6.63. The number of hydrogen-bond acceptors (Lipinski definition) is 4. The van der Waals surface area contributed by atoms with Gasteiger partial charge in [-0.1, -0.05) is 48.4 Å². The van der Waals surface area contributed by atoms with Crippen LogP contribution in [0, 0.1) is 18.8 Å². The van der Waals surface area contributed by atoms with E-state index >= 15 is 0 Å². The lowest BCUT2D eigenvalue weighted by atomic mass is 9.68. The first kappa shape index (κ1) is 19.7. The molecule has 5 heteroatoms. The maximum atomic E-state index is 13.8. The third-order valence-electron chi connectivity index (χ3n) is 7.93. The molecule has 1 aromatic heterocycles. The van der Waals surface area contributed by atoms with Crippen LogP contribution in [0.2, 0.25) is 0 Å². The summed E-state index contributed by atoms with van der Waals surface area (Å²) in [5.74, 6) is 1.49. The lowest BCUT2D eigenvalue weighted by Crippen LogP contribution is -2.60. The number of piperidine rings is 3. The Balaban J connectivity index is 1.31. The molecule has 0 spiro atoms. The molecule has 2 bridgehead atoms. The van der Waals surface area contributed by atoms with Gasteiger partial charge in [0.1, 0.15) is 9.88 Å². The van der Waals surface area contributed by atoms with Crippen molar-refractivity contribution in [2.45, 2.75) is 57.5 Å². The fourth-order valence-corrected chi connectivity index (χ4v) is 7.66. The Hall–Kier alpha value is -1.98. The first-order valence-electron chi connectivity index (χ1n) is 12.0. The van der Waals surface area contributed by atoms with E-state index in [0.29, 0.717) is 17.9 Å². The van der Waals surface area contributed by atoms with Crippen LogP contribution in [0.3, 0.4) is 0 Å². The molecule has 1 aromatic carbocycles. The third-order valence-corrected chi connectivity index (χ3v) is 9.12. The van der Waals surface area contributed by atoms with Gasteiger partial charge in [-0.2, -0.15) is 0 Å². The Labute approximate surface area is 189 Å². The molecule has 3 aliphatic heterocycles. The summed E-state index contributed by atoms with van der Waals surface area (Å²) < 4.78 is 0. The molecule has 4 aliphatic rings. The predicted molar refractivity (Wildman–Crippen MR) is 125 cm³/mol. The molecular formula is C26H31N3OS. The Morgan fingerprint density at radius 1 is 1.13 bits per heavy atom. The molecule has 1 amide bonds. The summed E-state index contributed by atoms with van der Waals surface area (Å²) in [6.45, 7) is 5.29. The van der Waals surface area contributed by atoms with Crippen LogP contribution in [-0.2, 0) is 0 Å². The van der Waals surface area contributed by atoms with Gasteiger partial charge in [0.05, 0.1) is 11.7 Å². The van der Waals surface area contributed by atoms with Crippen molar-refractivity contribution in [1.82, 2.24) is 14.8 Å². The Kier molecular flexibility index (Phi) is 4.99. The minimum Gasteiger partial charge on any atom is -0.331 e. The van der Waals surface area contributed by atoms with Gasteiger partial charge in [0.15, 0.2) is 0 Å². The molecular weight excluding hydrogens is 402 g/mol. The number of rotatable bonds is 2. The van der Waals surface area contributed by atoms with Gasteiger partial charge >= 0.3 is 0 Å². The quantitative estimate of drug-likeness (QED) is 0.614. The monoisotopic (exact) mass is 433 g/mol. The van der Waals surface area contributed by atoms with Crippen molar-refractivity contribution in [2.24, 2.45) is 11.8 Å². The molecule has 0 saturated carbocycles. The molecule has 2 unspecified atom stereocenters. The molecule has 3 fully saturated rings. The molecule has 1 aliphatic carbocycles. The molecule has 4 nitrogen and oxygen atoms in total. The van der Waals surface area contributed by atoms with Crippen LogP contribution in [0.4, 0.5) is 0 Å². The molecule has 3 saturated heterocycles. The van der Waals surface area contributed by atoms with Crippen molar-refractivity contribution in [3.05, 3.63) is 52.6 Å². The van der Waals surface area contributed by atoms with E-state index in [4.69, 9.17) is 4.98 Å². The van der Waals surface area contributed by atoms with Crippen molar-refractivity contribution in [3.8, 4) is 10.6 Å². The lowest BCUT2D eigenvalue weighted by Gasteiger charge is -2.54. The van der Waals surface area contributed by atoms with Gasteiger partial charge in [0.2, 0.25) is 0 Å². The zero-order valence-electron chi connectivity index (χ0n) is 18.3. The van der Waals surface area contributed by atoms with E-state index in [-0.39, 0.29) is 5.91 Å². The van der Waals surface area contributed by atoms with E-state index in [1.54, 1.807) is 16.9 Å². The first-order valence-corrected chi connectivity index (χ1v) is 12.8. The minimum absolute atomic E-state index is 0.201. The van der Waals surface area contributed by atoms with Crippen molar-refractivity contribution in [3.63, 3.8) is 0 Å². The van der Waals surface area contributed by atoms with Crippen LogP contribution < -0.4 is 0 Å². The second kappa shape index (κ2) is 7.86. The maximum Gasteiger partial charge on any atom is 0.266 e. The van der Waals surface area contributed by atoms with Gasteiger partial charge in [-0.15, -0.1) is 11.3 Å². The lowest BCUT2D eigenvalue weighted by molar-refractivity contribution is 0.00159. The highest BCUT2D eigenvalue weighted by molar-refractivity contribution is 7.17. The number of amides is 1. The number of hydrogen-bond donors (Lipinski definition) is 0. The van der Waals surface area contributed by atoms with Gasteiger partial charge in [-0.05, 0) is 57.4 Å². The molecule has 2 aromatic rings. The number of fused-ring (bicyclic) bond motifs is 6. The fraction of sp³-hybridized carbons (Fsp3) is 0.538. The molecule has 6 rings (SSSR count). The topological polar surface area (TPSA) is 36.4 Å². The highest BCUT2D eigenvalue weighted by Crippen LogP contribution is 2.45. The largest absolute Gasteiger partial charge is 0.331 e. The summed E-state index contributed by atoms with van der Waals surface area (Å²) in [5, 5.41) is 0.951. The highest BCUT2D eigenvalue weighted by Gasteiger charge is 2.47. The summed E-state index contributed by atoms with van der Waals surface area (Å²) in [6, 6.07) is 11.3. The summed E-state index contributed by atoms with van der Waals surface area (Å²) in [7, 11) is 0. The van der Waals surface area contributed by atoms with Gasteiger partial charge in [0, 0.05) is 24.7 Å². The first-order chi connectivity index (χ1) is 15.2. The van der Waals surface area contributed by atoms with E-state index < -0.39 is 0 Å². The van der Waals surface area contributed by atoms with Crippen molar-refractivity contribution >= 4 is 17.2 Å². The average Bonchev–Trinajstić information content (AvgIpc) is 3.20. The van der Waals surface area contributed by atoms with E-state index in [0.717, 1.165) is 40.1 Å². The number of aromatic nitrogens is 1. The van der Waals surface area contributed by atoms with E-state index in [1.807, 2.05) is 25.1 Å². The van der Waals surface area contributed by atoms with Crippen LogP contribution in [0.25, 0.3) is 10.6 Å². The number of benzene rings is 1. The summed E-state index contributed by atoms with van der Waals surface area (Å²) in [6.07, 6.45) is 10.2. The van der Waals surface area contributed by atoms with Crippen molar-refractivity contribution in [2.75, 3.05) is 19.6 Å². The van der Waals surface area contributed by atoms with Crippen LogP contribution in [-0.4, -0.2) is 52.4 Å². The van der Waals surface area contributed by atoms with Gasteiger partial charge in [-0.3, -0.25) is 9.69 Å². The Bertz CT molecular complexity index is 1010. The second-order valence-corrected chi connectivity index (χ2v) is 10.8. The van der Waals surface area contributed by atoms with E-state index in [2.05, 4.69) is 28.0 Å². The zero-order valence-corrected chi connectivity index (χ0v) is 19.1. The van der Waals surface area contributed by atoms with Crippen LogP contribution in [0.15, 0.2) is 42.0 Å². The second-order valence-electron chi connectivity index (χ2n) is 9.81. The average molecular weight is 434 g/mol. The van der Waals surface area contributed by atoms with Gasteiger partial charge < -0.3 is 4.90 Å². The van der Waals surface area contributed by atoms with Crippen LogP contribution >= 0.6 is 11.3 Å². The van der Waals surface area contributed by atoms with Crippen molar-refractivity contribution in [1.29, 1.82) is 0 Å². The summed E-state index contributed by atoms with van der Waals surface area (Å²) >= 11 is 1.56. The van der Waals surface area contributed by atoms with Crippen molar-refractivity contribution < 1.29 is 4.79 Å². The Morgan fingerprint density at radius 3 is 2.87 bits per heavy atom. The SMILES string of the molecule is Cc1nc(-c2ccccc2)sc1C(=O)N1CCCC2=C[C@H]3C[C@@H](CN4CCCCC34)C21. The number of aryl methyl sites for hydroxylation is 1. The zero-order chi connectivity index (χ0) is 20.9. The molecule has 31 heavy (non-hydrogen) atoms. The molecule has 4 atom stereocenters. The number of likely N-dealkylation sites (tertiary alicyclic amines) is 1. The Morgan fingerprint density at radius 2 is 2.00 bits per heavy atom. The smallest absolute Gasteiger partial charge is 0.266 e. The van der Waals surface area contributed by atoms with E-state index in [9.17, 15) is 4.79 Å². The molecule has 0 radical (unpaired) electrons. The highest BCUT2D eigenvalue weighted by atomic mass is 32.1. The maximum absolute atomic E-state index is 13.8. The molecule has 4 heterocycles. The predicted octanol–water partition coefficient (Wildman–Crippen LogP) is 5.15. The molecule has 0 N–H and O–H groups in total. The summed E-state index contributed by atoms with van der Waals surface area (Å²) in [4.78, 5) is 24.4. The van der Waals surface area contributed by atoms with Gasteiger partial charge in [-0.25, -0.2) is 4.98 Å². The number of carbonyl (C=O) groups excluding carboxylic acids is 1. The standard InChI is InChI=1S/C26H31N3OS/c1-17-24(31-25(27-17)18-8-3-2-4-9-18)26(30)29-13-7-10-19-14-20-15-21(23(19)29)16-28-12-6-5-11-22(20)28/h2-4,8-9,14,20-23H,5-7,10-13,15-16H2,1H3/t20-,21-,22?,23?/m0/s1. The summed E-state index contributed by atoms with van der Waals surface area (Å²) in [5.41, 5.74) is 3.52. The number of thiazole rings is 1. The van der Waals surface area contributed by atoms with Gasteiger partial charge in [0.25, 0.3) is 5.91 Å². The third kappa shape index (κ3) is 3.37. The van der Waals surface area contributed by atoms with Crippen LogP contribution in [0.1, 0.15) is 53.9 Å². The number of carbonyl (C=O) groups is 1. The van der Waals surface area contributed by atoms with E-state index in [1.165, 1.54) is 45.2 Å². The van der Waals surface area contributed by atoms with Crippen LogP contribution in [0.5, 0.6) is 0 Å². The molecule has 162 valence electrons. The minimum atomic E-state index is 0.201.